The zero-order valence-electron chi connectivity index (χ0n) is 11.6. The van der Waals surface area contributed by atoms with Gasteiger partial charge in [0, 0.05) is 30.9 Å². The molecule has 1 amide bonds. The van der Waals surface area contributed by atoms with Gasteiger partial charge < -0.3 is 5.32 Å². The number of carbonyl (C=O) groups is 1. The monoisotopic (exact) mass is 303 g/mol. The first-order chi connectivity index (χ1) is 10.6. The minimum atomic E-state index is -0.493. The van der Waals surface area contributed by atoms with Gasteiger partial charge in [-0.05, 0) is 24.3 Å². The van der Waals surface area contributed by atoms with Crippen LogP contribution in [0.25, 0.3) is 0 Å². The van der Waals surface area contributed by atoms with Gasteiger partial charge >= 0.3 is 5.69 Å². The van der Waals surface area contributed by atoms with Crippen LogP contribution in [0, 0.1) is 5.82 Å². The third kappa shape index (κ3) is 4.27. The second kappa shape index (κ2) is 7.16. The molecule has 22 heavy (non-hydrogen) atoms. The summed E-state index contributed by atoms with van der Waals surface area (Å²) in [7, 11) is 0. The number of rotatable bonds is 5. The average Bonchev–Trinajstić information content (AvgIpc) is 2.49. The fourth-order valence-corrected chi connectivity index (χ4v) is 1.71. The zero-order valence-corrected chi connectivity index (χ0v) is 11.6. The maximum absolute atomic E-state index is 12.7. The number of benzene rings is 1. The zero-order chi connectivity index (χ0) is 15.9. The normalized spacial score (nSPS) is 10.8. The van der Waals surface area contributed by atoms with E-state index in [1.54, 1.807) is 12.2 Å². The van der Waals surface area contributed by atoms with Crippen LogP contribution in [0.4, 0.5) is 4.39 Å². The van der Waals surface area contributed by atoms with Gasteiger partial charge in [-0.1, -0.05) is 12.2 Å². The molecule has 2 N–H and O–H groups in total. The molecule has 0 bridgehead atoms. The topological polar surface area (TPSA) is 84.0 Å². The lowest BCUT2D eigenvalue weighted by molar-refractivity contribution is 0.0958. The number of aromatic amines is 1. The SMILES string of the molecule is O=C(NC/C=C\Cn1ccc(=O)[nH]c1=O)c1ccc(F)cc1. The van der Waals surface area contributed by atoms with Crippen LogP contribution in [0.3, 0.4) is 0 Å². The van der Waals surface area contributed by atoms with Crippen molar-refractivity contribution >= 4 is 5.91 Å². The van der Waals surface area contributed by atoms with Crippen molar-refractivity contribution in [1.29, 1.82) is 0 Å². The molecule has 0 radical (unpaired) electrons. The molecule has 0 saturated carbocycles. The number of nitrogens with one attached hydrogen (secondary N) is 2. The quantitative estimate of drug-likeness (QED) is 0.796. The second-order valence-electron chi connectivity index (χ2n) is 4.45. The molecular formula is C15H14FN3O3. The Labute approximate surface area is 124 Å². The Balaban J connectivity index is 1.83. The van der Waals surface area contributed by atoms with E-state index in [0.29, 0.717) is 5.56 Å². The van der Waals surface area contributed by atoms with Gasteiger partial charge in [0.2, 0.25) is 0 Å². The first-order valence-electron chi connectivity index (χ1n) is 6.55. The number of amides is 1. The number of nitrogens with zero attached hydrogens (tertiary/aromatic N) is 1. The van der Waals surface area contributed by atoms with E-state index in [0.717, 1.165) is 0 Å². The van der Waals surface area contributed by atoms with E-state index < -0.39 is 17.1 Å². The lowest BCUT2D eigenvalue weighted by Gasteiger charge is -2.02. The minimum absolute atomic E-state index is 0.272. The second-order valence-corrected chi connectivity index (χ2v) is 4.45. The molecule has 0 saturated heterocycles. The van der Waals surface area contributed by atoms with Crippen LogP contribution in [0.2, 0.25) is 0 Å². The van der Waals surface area contributed by atoms with E-state index >= 15 is 0 Å². The number of aromatic nitrogens is 2. The number of allylic oxidation sites excluding steroid dienone is 1. The van der Waals surface area contributed by atoms with E-state index in [1.165, 1.54) is 41.1 Å². The molecule has 0 fully saturated rings. The lowest BCUT2D eigenvalue weighted by atomic mass is 10.2. The van der Waals surface area contributed by atoms with Gasteiger partial charge in [0.1, 0.15) is 5.82 Å². The van der Waals surface area contributed by atoms with Crippen LogP contribution in [0.5, 0.6) is 0 Å². The molecule has 0 atom stereocenters. The molecule has 114 valence electrons. The van der Waals surface area contributed by atoms with E-state index in [9.17, 15) is 18.8 Å². The summed E-state index contributed by atoms with van der Waals surface area (Å²) in [6, 6.07) is 6.48. The van der Waals surface area contributed by atoms with Crippen molar-refractivity contribution in [3.63, 3.8) is 0 Å². The van der Waals surface area contributed by atoms with Gasteiger partial charge in [-0.3, -0.25) is 19.1 Å². The van der Waals surface area contributed by atoms with Gasteiger partial charge in [0.15, 0.2) is 0 Å². The number of H-pyrrole nitrogens is 1. The average molecular weight is 303 g/mol. The molecule has 0 aliphatic rings. The Hall–Kier alpha value is -2.96. The fourth-order valence-electron chi connectivity index (χ4n) is 1.71. The van der Waals surface area contributed by atoms with Crippen LogP contribution in [0.1, 0.15) is 10.4 Å². The van der Waals surface area contributed by atoms with Crippen molar-refractivity contribution in [3.8, 4) is 0 Å². The summed E-state index contributed by atoms with van der Waals surface area (Å²) in [5.41, 5.74) is -0.573. The van der Waals surface area contributed by atoms with Crippen molar-refractivity contribution in [2.45, 2.75) is 6.54 Å². The molecule has 1 aromatic carbocycles. The molecule has 0 aliphatic heterocycles. The van der Waals surface area contributed by atoms with Gasteiger partial charge in [-0.15, -0.1) is 0 Å². The van der Waals surface area contributed by atoms with Crippen molar-refractivity contribution in [2.75, 3.05) is 6.54 Å². The molecule has 2 aromatic rings. The molecule has 0 unspecified atom stereocenters. The Bertz CT molecular complexity index is 791. The van der Waals surface area contributed by atoms with E-state index in [4.69, 9.17) is 0 Å². The van der Waals surface area contributed by atoms with Crippen LogP contribution >= 0.6 is 0 Å². The number of carbonyl (C=O) groups excluding carboxylic acids is 1. The maximum Gasteiger partial charge on any atom is 0.328 e. The number of hydrogen-bond donors (Lipinski definition) is 2. The van der Waals surface area contributed by atoms with Gasteiger partial charge in [0.05, 0.1) is 0 Å². The van der Waals surface area contributed by atoms with Gasteiger partial charge in [-0.25, -0.2) is 9.18 Å². The standard InChI is InChI=1S/C15H14FN3O3/c16-12-5-3-11(4-6-12)14(21)17-8-1-2-9-19-10-7-13(20)18-15(19)22/h1-7,10H,8-9H2,(H,17,21)(H,18,20,22)/b2-1-. The molecule has 0 aliphatic carbocycles. The van der Waals surface area contributed by atoms with E-state index in [1.807, 2.05) is 0 Å². The number of hydrogen-bond acceptors (Lipinski definition) is 3. The Morgan fingerprint density at radius 1 is 1.18 bits per heavy atom. The van der Waals surface area contributed by atoms with Crippen LogP contribution in [-0.4, -0.2) is 22.0 Å². The number of halogens is 1. The highest BCUT2D eigenvalue weighted by Gasteiger charge is 2.03. The van der Waals surface area contributed by atoms with Gasteiger partial charge in [0.25, 0.3) is 11.5 Å². The summed E-state index contributed by atoms with van der Waals surface area (Å²) in [4.78, 5) is 36.1. The fraction of sp³-hybridized carbons (Fsp3) is 0.133. The minimum Gasteiger partial charge on any atom is -0.349 e. The van der Waals surface area contributed by atoms with Gasteiger partial charge in [-0.2, -0.15) is 0 Å². The van der Waals surface area contributed by atoms with Crippen LogP contribution < -0.4 is 16.6 Å². The largest absolute Gasteiger partial charge is 0.349 e. The van der Waals surface area contributed by atoms with E-state index in [-0.39, 0.29) is 19.0 Å². The summed E-state index contributed by atoms with van der Waals surface area (Å²) in [6.07, 6.45) is 4.76. The smallest absolute Gasteiger partial charge is 0.328 e. The maximum atomic E-state index is 12.7. The molecule has 2 rings (SSSR count). The summed E-state index contributed by atoms with van der Waals surface area (Å²) in [5, 5.41) is 2.64. The summed E-state index contributed by atoms with van der Waals surface area (Å²) >= 11 is 0. The molecule has 1 aromatic heterocycles. The van der Waals surface area contributed by atoms with Crippen molar-refractivity contribution in [3.05, 3.63) is 80.9 Å². The first kappa shape index (κ1) is 15.4. The molecular weight excluding hydrogens is 289 g/mol. The Kier molecular flexibility index (Phi) is 5.02. The summed E-state index contributed by atoms with van der Waals surface area (Å²) in [6.45, 7) is 0.552. The highest BCUT2D eigenvalue weighted by molar-refractivity contribution is 5.94. The van der Waals surface area contributed by atoms with Crippen LogP contribution in [-0.2, 0) is 6.54 Å². The highest BCUT2D eigenvalue weighted by Crippen LogP contribution is 2.02. The summed E-state index contributed by atoms with van der Waals surface area (Å²) in [5.74, 6) is -0.714. The van der Waals surface area contributed by atoms with Crippen molar-refractivity contribution in [2.24, 2.45) is 0 Å². The molecule has 7 heteroatoms. The molecule has 6 nitrogen and oxygen atoms in total. The third-order valence-corrected chi connectivity index (χ3v) is 2.85. The molecule has 0 spiro atoms. The Morgan fingerprint density at radius 3 is 2.59 bits per heavy atom. The predicted octanol–water partition coefficient (Wildman–Crippen LogP) is 0.662. The van der Waals surface area contributed by atoms with Crippen molar-refractivity contribution < 1.29 is 9.18 Å². The predicted molar refractivity (Wildman–Crippen MR) is 79.2 cm³/mol. The lowest BCUT2D eigenvalue weighted by Crippen LogP contribution is -2.28. The first-order valence-corrected chi connectivity index (χ1v) is 6.55. The third-order valence-electron chi connectivity index (χ3n) is 2.85. The summed E-state index contributed by atoms with van der Waals surface area (Å²) < 4.78 is 14.0. The highest BCUT2D eigenvalue weighted by atomic mass is 19.1. The Morgan fingerprint density at radius 2 is 1.91 bits per heavy atom. The molecule has 1 heterocycles. The van der Waals surface area contributed by atoms with Crippen LogP contribution in [0.15, 0.2) is 58.3 Å². The van der Waals surface area contributed by atoms with E-state index in [2.05, 4.69) is 10.3 Å². The van der Waals surface area contributed by atoms with Crippen molar-refractivity contribution in [1.82, 2.24) is 14.9 Å².